The highest BCUT2D eigenvalue weighted by atomic mass is 79.9. The number of halogens is 2. The molecule has 0 atom stereocenters. The van der Waals surface area contributed by atoms with Crippen molar-refractivity contribution in [2.45, 2.75) is 13.8 Å². The average Bonchev–Trinajstić information content (AvgIpc) is 3.04. The third-order valence-electron chi connectivity index (χ3n) is 4.17. The molecule has 1 heterocycles. The van der Waals surface area contributed by atoms with Crippen LogP contribution in [-0.4, -0.2) is 34.2 Å². The second kappa shape index (κ2) is 8.58. The summed E-state index contributed by atoms with van der Waals surface area (Å²) in [4.78, 5) is 2.26. The number of hydrogen-bond donors (Lipinski definition) is 1. The Morgan fingerprint density at radius 3 is 2.59 bits per heavy atom. The molecule has 27 heavy (non-hydrogen) atoms. The number of nitrogens with zero attached hydrogens (tertiary/aromatic N) is 4. The van der Waals surface area contributed by atoms with Gasteiger partial charge >= 0.3 is 0 Å². The predicted octanol–water partition coefficient (Wildman–Crippen LogP) is 5.24. The maximum absolute atomic E-state index is 13.9. The fraction of sp³-hybridized carbons (Fsp3) is 0.211. The number of rotatable bonds is 6. The van der Waals surface area contributed by atoms with Crippen molar-refractivity contribution in [3.63, 3.8) is 0 Å². The Hall–Kier alpha value is -2.32. The smallest absolute Gasteiger partial charge is 0.216 e. The molecule has 0 radical (unpaired) electrons. The van der Waals surface area contributed by atoms with Gasteiger partial charge in [0.1, 0.15) is 5.82 Å². The topological polar surface area (TPSA) is 49.2 Å². The number of H-pyrrole nitrogens is 1. The van der Waals surface area contributed by atoms with Gasteiger partial charge in [0.25, 0.3) is 0 Å². The number of anilines is 1. The van der Waals surface area contributed by atoms with Crippen molar-refractivity contribution >= 4 is 40.0 Å². The summed E-state index contributed by atoms with van der Waals surface area (Å²) >= 11 is 8.60. The second-order valence-corrected chi connectivity index (χ2v) is 7.10. The lowest BCUT2D eigenvalue weighted by Crippen LogP contribution is -2.21. The van der Waals surface area contributed by atoms with E-state index < -0.39 is 0 Å². The van der Waals surface area contributed by atoms with Gasteiger partial charge in [-0.25, -0.2) is 9.49 Å². The van der Waals surface area contributed by atoms with Gasteiger partial charge < -0.3 is 4.90 Å². The minimum absolute atomic E-state index is 0.337. The molecule has 0 bridgehead atoms. The average molecular weight is 448 g/mol. The van der Waals surface area contributed by atoms with E-state index in [1.165, 1.54) is 17.0 Å². The lowest BCUT2D eigenvalue weighted by molar-refractivity contribution is 0.625. The van der Waals surface area contributed by atoms with Crippen molar-refractivity contribution in [3.05, 3.63) is 63.1 Å². The molecule has 0 unspecified atom stereocenters. The summed E-state index contributed by atoms with van der Waals surface area (Å²) in [6, 6.07) is 12.7. The lowest BCUT2D eigenvalue weighted by Gasteiger charge is -2.20. The van der Waals surface area contributed by atoms with E-state index in [0.29, 0.717) is 16.2 Å². The van der Waals surface area contributed by atoms with Gasteiger partial charge in [0, 0.05) is 34.4 Å². The molecule has 0 saturated carbocycles. The monoisotopic (exact) mass is 447 g/mol. The minimum Gasteiger partial charge on any atom is -0.372 e. The Balaban J connectivity index is 1.94. The maximum Gasteiger partial charge on any atom is 0.216 e. The molecule has 0 aliphatic rings. The van der Waals surface area contributed by atoms with Gasteiger partial charge in [0.05, 0.1) is 6.21 Å². The summed E-state index contributed by atoms with van der Waals surface area (Å²) in [7, 11) is 0. The largest absolute Gasteiger partial charge is 0.372 e. The van der Waals surface area contributed by atoms with E-state index >= 15 is 0 Å². The molecule has 0 aliphatic carbocycles. The number of hydrogen-bond acceptors (Lipinski definition) is 4. The van der Waals surface area contributed by atoms with Gasteiger partial charge in [-0.15, -0.1) is 0 Å². The highest BCUT2D eigenvalue weighted by Gasteiger charge is 2.10. The fourth-order valence-electron chi connectivity index (χ4n) is 2.73. The zero-order valence-electron chi connectivity index (χ0n) is 15.0. The highest BCUT2D eigenvalue weighted by molar-refractivity contribution is 9.10. The van der Waals surface area contributed by atoms with Crippen molar-refractivity contribution in [2.24, 2.45) is 5.10 Å². The lowest BCUT2D eigenvalue weighted by atomic mass is 10.2. The van der Waals surface area contributed by atoms with Crippen molar-refractivity contribution in [2.75, 3.05) is 18.0 Å². The molecule has 0 aliphatic heterocycles. The van der Waals surface area contributed by atoms with Gasteiger partial charge in [-0.1, -0.05) is 15.9 Å². The van der Waals surface area contributed by atoms with Crippen LogP contribution in [0.3, 0.4) is 0 Å². The van der Waals surface area contributed by atoms with E-state index in [-0.39, 0.29) is 5.82 Å². The standard InChI is InChI=1S/C19H19BrFN5S/c1-3-25(4-2)16-8-5-13(6-9-16)18-23-24-19(27)26(18)22-12-14-11-15(20)7-10-17(14)21/h5-12H,3-4H2,1-2H3,(H,24,27). The van der Waals surface area contributed by atoms with Crippen molar-refractivity contribution in [1.29, 1.82) is 0 Å². The quantitative estimate of drug-likeness (QED) is 0.415. The maximum atomic E-state index is 13.9. The van der Waals surface area contributed by atoms with Crippen LogP contribution in [0.2, 0.25) is 0 Å². The number of aromatic nitrogens is 3. The number of nitrogens with one attached hydrogen (secondary N) is 1. The van der Waals surface area contributed by atoms with E-state index in [0.717, 1.165) is 28.8 Å². The Morgan fingerprint density at radius 2 is 1.93 bits per heavy atom. The molecular formula is C19H19BrFN5S. The van der Waals surface area contributed by atoms with Crippen molar-refractivity contribution in [3.8, 4) is 11.4 Å². The van der Waals surface area contributed by atoms with Crippen LogP contribution >= 0.6 is 28.1 Å². The first-order chi connectivity index (χ1) is 13.0. The van der Waals surface area contributed by atoms with Crippen LogP contribution in [-0.2, 0) is 0 Å². The van der Waals surface area contributed by atoms with Gasteiger partial charge in [-0.3, -0.25) is 0 Å². The molecule has 140 valence electrons. The van der Waals surface area contributed by atoms with Crippen LogP contribution < -0.4 is 4.90 Å². The molecule has 0 spiro atoms. The first-order valence-electron chi connectivity index (χ1n) is 8.55. The van der Waals surface area contributed by atoms with E-state index in [4.69, 9.17) is 12.2 Å². The van der Waals surface area contributed by atoms with E-state index in [1.54, 1.807) is 12.1 Å². The third-order valence-corrected chi connectivity index (χ3v) is 4.93. The summed E-state index contributed by atoms with van der Waals surface area (Å²) in [5, 5.41) is 11.3. The molecule has 0 amide bonds. The zero-order valence-corrected chi connectivity index (χ0v) is 17.4. The molecule has 3 aromatic rings. The molecule has 1 aromatic heterocycles. The van der Waals surface area contributed by atoms with E-state index in [2.05, 4.69) is 50.0 Å². The Morgan fingerprint density at radius 1 is 1.22 bits per heavy atom. The van der Waals surface area contributed by atoms with Crippen LogP contribution in [0.25, 0.3) is 11.4 Å². The third kappa shape index (κ3) is 4.33. The summed E-state index contributed by atoms with van der Waals surface area (Å²) in [5.41, 5.74) is 2.37. The summed E-state index contributed by atoms with van der Waals surface area (Å²) in [5.74, 6) is 0.208. The summed E-state index contributed by atoms with van der Waals surface area (Å²) < 4.78 is 16.5. The Bertz CT molecular complexity index is 1010. The van der Waals surface area contributed by atoms with Crippen LogP contribution in [0.5, 0.6) is 0 Å². The second-order valence-electron chi connectivity index (χ2n) is 5.79. The molecule has 0 fully saturated rings. The molecule has 5 nitrogen and oxygen atoms in total. The van der Waals surface area contributed by atoms with Gasteiger partial charge in [0.2, 0.25) is 4.77 Å². The highest BCUT2D eigenvalue weighted by Crippen LogP contribution is 2.22. The summed E-state index contributed by atoms with van der Waals surface area (Å²) in [6.45, 7) is 6.13. The Kier molecular flexibility index (Phi) is 6.18. The van der Waals surface area contributed by atoms with Crippen molar-refractivity contribution < 1.29 is 4.39 Å². The van der Waals surface area contributed by atoms with Gasteiger partial charge in [0.15, 0.2) is 5.82 Å². The van der Waals surface area contributed by atoms with Crippen LogP contribution in [0.1, 0.15) is 19.4 Å². The first-order valence-corrected chi connectivity index (χ1v) is 9.75. The fourth-order valence-corrected chi connectivity index (χ4v) is 3.29. The predicted molar refractivity (Wildman–Crippen MR) is 114 cm³/mol. The van der Waals surface area contributed by atoms with Crippen LogP contribution in [0.4, 0.5) is 10.1 Å². The number of benzene rings is 2. The van der Waals surface area contributed by atoms with E-state index in [9.17, 15) is 4.39 Å². The Labute approximate surface area is 170 Å². The molecular weight excluding hydrogens is 429 g/mol. The van der Waals surface area contributed by atoms with Crippen LogP contribution in [0, 0.1) is 10.6 Å². The molecule has 0 saturated heterocycles. The van der Waals surface area contributed by atoms with Crippen LogP contribution in [0.15, 0.2) is 52.0 Å². The van der Waals surface area contributed by atoms with E-state index in [1.807, 2.05) is 24.3 Å². The molecule has 1 N–H and O–H groups in total. The minimum atomic E-state index is -0.359. The zero-order chi connectivity index (χ0) is 19.4. The van der Waals surface area contributed by atoms with Crippen molar-refractivity contribution in [1.82, 2.24) is 14.9 Å². The summed E-state index contributed by atoms with van der Waals surface area (Å²) in [6.07, 6.45) is 1.43. The number of aromatic amines is 1. The normalized spacial score (nSPS) is 11.3. The molecule has 2 aromatic carbocycles. The van der Waals surface area contributed by atoms with Gasteiger partial charge in [-0.2, -0.15) is 14.9 Å². The first kappa shape index (κ1) is 19.4. The SMILES string of the molecule is CCN(CC)c1ccc(-c2n[nH]c(=S)n2N=Cc2cc(Br)ccc2F)cc1. The van der Waals surface area contributed by atoms with Gasteiger partial charge in [-0.05, 0) is 68.5 Å². The molecule has 3 rings (SSSR count). The molecule has 8 heteroatoms.